The molecule has 0 spiro atoms. The summed E-state index contributed by atoms with van der Waals surface area (Å²) >= 11 is 1.16. The van der Waals surface area contributed by atoms with Crippen molar-refractivity contribution in [2.45, 2.75) is 10.6 Å². The van der Waals surface area contributed by atoms with Crippen LogP contribution in [-0.4, -0.2) is 15.0 Å². The van der Waals surface area contributed by atoms with Crippen LogP contribution in [-0.2, 0) is 16.4 Å². The van der Waals surface area contributed by atoms with Crippen LogP contribution in [0.15, 0.2) is 40.6 Å². The molecule has 0 radical (unpaired) electrons. The molecule has 3 N–H and O–H groups in total. The van der Waals surface area contributed by atoms with Gasteiger partial charge in [0, 0.05) is 4.88 Å². The lowest BCUT2D eigenvalue weighted by Crippen LogP contribution is -2.11. The Bertz CT molecular complexity index is 668. The second kappa shape index (κ2) is 5.68. The van der Waals surface area contributed by atoms with Crippen LogP contribution < -0.4 is 10.5 Å². The third kappa shape index (κ3) is 3.52. The summed E-state index contributed by atoms with van der Waals surface area (Å²) < 4.78 is 39.7. The Balaban J connectivity index is 2.22. The molecule has 0 saturated heterocycles. The molecule has 19 heavy (non-hydrogen) atoms. The van der Waals surface area contributed by atoms with Gasteiger partial charge in [0.25, 0.3) is 10.0 Å². The zero-order valence-corrected chi connectivity index (χ0v) is 11.6. The summed E-state index contributed by atoms with van der Waals surface area (Å²) in [5.41, 5.74) is 5.62. The van der Waals surface area contributed by atoms with Crippen LogP contribution in [0.1, 0.15) is 4.88 Å². The van der Waals surface area contributed by atoms with Gasteiger partial charge in [-0.1, -0.05) is 6.07 Å². The second-order valence-corrected chi connectivity index (χ2v) is 6.95. The Kier molecular flexibility index (Phi) is 4.18. The molecule has 0 atom stereocenters. The van der Waals surface area contributed by atoms with Crippen molar-refractivity contribution in [3.05, 3.63) is 47.1 Å². The van der Waals surface area contributed by atoms with Gasteiger partial charge >= 0.3 is 0 Å². The smallest absolute Gasteiger partial charge is 0.271 e. The summed E-state index contributed by atoms with van der Waals surface area (Å²) in [5, 5.41) is 0. The van der Waals surface area contributed by atoms with Crippen molar-refractivity contribution in [2.75, 3.05) is 11.3 Å². The molecule has 0 bridgehead atoms. The van der Waals surface area contributed by atoms with Crippen molar-refractivity contribution in [1.82, 2.24) is 0 Å². The number of sulfonamides is 1. The lowest BCUT2D eigenvalue weighted by atomic mass is 10.3. The predicted octanol–water partition coefficient (Wildman–Crippen LogP) is 2.19. The molecule has 0 amide bonds. The highest BCUT2D eigenvalue weighted by atomic mass is 32.2. The van der Waals surface area contributed by atoms with Crippen molar-refractivity contribution in [2.24, 2.45) is 5.73 Å². The quantitative estimate of drug-likeness (QED) is 0.889. The molecule has 0 unspecified atom stereocenters. The first-order chi connectivity index (χ1) is 9.01. The van der Waals surface area contributed by atoms with Crippen molar-refractivity contribution in [3.63, 3.8) is 0 Å². The molecule has 102 valence electrons. The Labute approximate surface area is 115 Å². The summed E-state index contributed by atoms with van der Waals surface area (Å²) in [6, 6.07) is 8.58. The molecule has 0 fully saturated rings. The maximum Gasteiger partial charge on any atom is 0.271 e. The van der Waals surface area contributed by atoms with Gasteiger partial charge in [0.2, 0.25) is 0 Å². The van der Waals surface area contributed by atoms with E-state index < -0.39 is 15.8 Å². The predicted molar refractivity (Wildman–Crippen MR) is 74.3 cm³/mol. The number of rotatable bonds is 5. The van der Waals surface area contributed by atoms with E-state index >= 15 is 0 Å². The van der Waals surface area contributed by atoms with Crippen molar-refractivity contribution in [1.29, 1.82) is 0 Å². The SMILES string of the molecule is NCCc1ccc(S(=O)(=O)Nc2cccc(F)c2)s1. The van der Waals surface area contributed by atoms with Crippen LogP contribution in [0.25, 0.3) is 0 Å². The first kappa shape index (κ1) is 14.0. The minimum Gasteiger partial charge on any atom is -0.330 e. The lowest BCUT2D eigenvalue weighted by Gasteiger charge is -2.05. The molecule has 0 saturated carbocycles. The lowest BCUT2D eigenvalue weighted by molar-refractivity contribution is 0.603. The standard InChI is InChI=1S/C12H13FN2O2S2/c13-9-2-1-3-10(8-9)15-19(16,17)12-5-4-11(18-12)6-7-14/h1-5,8,15H,6-7,14H2. The number of thiophene rings is 1. The molecule has 4 nitrogen and oxygen atoms in total. The van der Waals surface area contributed by atoms with Crippen LogP contribution >= 0.6 is 11.3 Å². The van der Waals surface area contributed by atoms with E-state index in [-0.39, 0.29) is 9.90 Å². The molecule has 1 heterocycles. The van der Waals surface area contributed by atoms with E-state index in [0.717, 1.165) is 22.3 Å². The van der Waals surface area contributed by atoms with Crippen LogP contribution in [0.3, 0.4) is 0 Å². The Morgan fingerprint density at radius 3 is 2.74 bits per heavy atom. The number of nitrogens with one attached hydrogen (secondary N) is 1. The van der Waals surface area contributed by atoms with Gasteiger partial charge in [-0.15, -0.1) is 11.3 Å². The molecule has 0 aliphatic heterocycles. The van der Waals surface area contributed by atoms with Crippen molar-refractivity contribution in [3.8, 4) is 0 Å². The van der Waals surface area contributed by atoms with Gasteiger partial charge in [-0.05, 0) is 43.3 Å². The third-order valence-corrected chi connectivity index (χ3v) is 5.39. The number of hydrogen-bond acceptors (Lipinski definition) is 4. The summed E-state index contributed by atoms with van der Waals surface area (Å²) in [4.78, 5) is 0.905. The molecule has 2 aromatic rings. The van der Waals surface area contributed by atoms with Crippen molar-refractivity contribution >= 4 is 27.0 Å². The van der Waals surface area contributed by atoms with Gasteiger partial charge in [-0.25, -0.2) is 12.8 Å². The minimum atomic E-state index is -3.67. The monoisotopic (exact) mass is 300 g/mol. The molecule has 0 aliphatic carbocycles. The van der Waals surface area contributed by atoms with Gasteiger partial charge in [-0.3, -0.25) is 4.72 Å². The average molecular weight is 300 g/mol. The van der Waals surface area contributed by atoms with E-state index in [9.17, 15) is 12.8 Å². The number of anilines is 1. The number of hydrogen-bond donors (Lipinski definition) is 2. The van der Waals surface area contributed by atoms with Gasteiger partial charge in [0.1, 0.15) is 10.0 Å². The van der Waals surface area contributed by atoms with Crippen molar-refractivity contribution < 1.29 is 12.8 Å². The molecule has 0 aliphatic rings. The van der Waals surface area contributed by atoms with Gasteiger partial charge in [-0.2, -0.15) is 0 Å². The topological polar surface area (TPSA) is 72.2 Å². The fourth-order valence-corrected chi connectivity index (χ4v) is 3.96. The van der Waals surface area contributed by atoms with Crippen LogP contribution in [0.4, 0.5) is 10.1 Å². The van der Waals surface area contributed by atoms with Crippen LogP contribution in [0.2, 0.25) is 0 Å². The van der Waals surface area contributed by atoms with E-state index in [1.807, 2.05) is 0 Å². The fourth-order valence-electron chi connectivity index (χ4n) is 1.54. The van der Waals surface area contributed by atoms with Gasteiger partial charge in [0.15, 0.2) is 0 Å². The number of halogens is 1. The zero-order valence-electron chi connectivity index (χ0n) is 9.97. The van der Waals surface area contributed by atoms with Gasteiger partial charge < -0.3 is 5.73 Å². The highest BCUT2D eigenvalue weighted by Gasteiger charge is 2.17. The zero-order chi connectivity index (χ0) is 13.9. The molecule has 1 aromatic heterocycles. The summed E-state index contributed by atoms with van der Waals surface area (Å²) in [5.74, 6) is -0.491. The van der Waals surface area contributed by atoms with E-state index in [0.29, 0.717) is 13.0 Å². The Morgan fingerprint density at radius 1 is 1.26 bits per heavy atom. The second-order valence-electron chi connectivity index (χ2n) is 3.88. The maximum atomic E-state index is 13.0. The van der Waals surface area contributed by atoms with Crippen LogP contribution in [0, 0.1) is 5.82 Å². The average Bonchev–Trinajstić information content (AvgIpc) is 2.78. The molecule has 7 heteroatoms. The maximum absolute atomic E-state index is 13.0. The highest BCUT2D eigenvalue weighted by Crippen LogP contribution is 2.24. The number of benzene rings is 1. The summed E-state index contributed by atoms with van der Waals surface area (Å²) in [6.45, 7) is 0.470. The largest absolute Gasteiger partial charge is 0.330 e. The molecule has 1 aromatic carbocycles. The highest BCUT2D eigenvalue weighted by molar-refractivity contribution is 7.94. The molecular weight excluding hydrogens is 287 g/mol. The van der Waals surface area contributed by atoms with E-state index in [2.05, 4.69) is 4.72 Å². The number of nitrogens with two attached hydrogens (primary N) is 1. The van der Waals surface area contributed by atoms with E-state index in [4.69, 9.17) is 5.73 Å². The minimum absolute atomic E-state index is 0.195. The normalized spacial score (nSPS) is 11.5. The third-order valence-electron chi connectivity index (χ3n) is 2.37. The Hall–Kier alpha value is -1.44. The molecule has 2 rings (SSSR count). The summed E-state index contributed by atoms with van der Waals surface area (Å²) in [6.07, 6.45) is 0.639. The van der Waals surface area contributed by atoms with Gasteiger partial charge in [0.05, 0.1) is 5.69 Å². The first-order valence-electron chi connectivity index (χ1n) is 5.58. The van der Waals surface area contributed by atoms with E-state index in [1.165, 1.54) is 24.3 Å². The molecular formula is C12H13FN2O2S2. The Morgan fingerprint density at radius 2 is 2.05 bits per heavy atom. The fraction of sp³-hybridized carbons (Fsp3) is 0.167. The van der Waals surface area contributed by atoms with E-state index in [1.54, 1.807) is 6.07 Å². The van der Waals surface area contributed by atoms with Crippen LogP contribution in [0.5, 0.6) is 0 Å². The summed E-state index contributed by atoms with van der Waals surface area (Å²) in [7, 11) is -3.67. The first-order valence-corrected chi connectivity index (χ1v) is 7.88.